The van der Waals surface area contributed by atoms with E-state index in [4.69, 9.17) is 9.47 Å². The van der Waals surface area contributed by atoms with Crippen molar-refractivity contribution in [1.29, 1.82) is 0 Å². The van der Waals surface area contributed by atoms with Crippen LogP contribution in [0.25, 0.3) is 0 Å². The van der Waals surface area contributed by atoms with Crippen molar-refractivity contribution in [3.63, 3.8) is 0 Å². The number of ether oxygens (including phenoxy) is 2. The molecule has 11 heteroatoms. The van der Waals surface area contributed by atoms with Crippen molar-refractivity contribution in [1.82, 2.24) is 9.21 Å². The molecule has 0 aromatic heterocycles. The van der Waals surface area contributed by atoms with Gasteiger partial charge in [0.1, 0.15) is 23.0 Å². The number of hydrogen-bond donors (Lipinski definition) is 0. The molecule has 2 aliphatic rings. The van der Waals surface area contributed by atoms with Crippen LogP contribution in [0, 0.1) is 0 Å². The van der Waals surface area contributed by atoms with Crippen LogP contribution in [-0.2, 0) is 16.2 Å². The molecule has 0 spiro atoms. The first-order valence-corrected chi connectivity index (χ1v) is 12.6. The molecule has 0 saturated carbocycles. The van der Waals surface area contributed by atoms with Crippen molar-refractivity contribution < 1.29 is 31.1 Å². The van der Waals surface area contributed by atoms with Crippen LogP contribution in [0.4, 0.5) is 18.9 Å². The first kappa shape index (κ1) is 24.1. The molecule has 188 valence electrons. The number of benzene rings is 3. The van der Waals surface area contributed by atoms with Gasteiger partial charge in [0.25, 0.3) is 0 Å². The van der Waals surface area contributed by atoms with Crippen LogP contribution in [0.3, 0.4) is 0 Å². The quantitative estimate of drug-likeness (QED) is 0.494. The smallest absolute Gasteiger partial charge is 0.416 e. The van der Waals surface area contributed by atoms with E-state index >= 15 is 0 Å². The van der Waals surface area contributed by atoms with Crippen LogP contribution in [0.5, 0.6) is 17.2 Å². The standard InChI is InChI=1S/C25H22F3N3O4S/c1-34-18-8-10-22-20(16-18)24(29-21-15-17(25(26,27)28)7-9-23(21)35-22)30-11-13-31(14-12-30)36(32,33)19-5-3-2-4-6-19/h2-10,15-16H,11-14H2,1H3. The molecule has 0 N–H and O–H groups in total. The van der Waals surface area contributed by atoms with Crippen molar-refractivity contribution in [2.24, 2.45) is 4.99 Å². The molecule has 2 heterocycles. The molecule has 0 atom stereocenters. The number of amidine groups is 1. The van der Waals surface area contributed by atoms with Crippen molar-refractivity contribution in [2.75, 3.05) is 33.3 Å². The Balaban J connectivity index is 1.51. The van der Waals surface area contributed by atoms with Crippen LogP contribution in [0.1, 0.15) is 11.1 Å². The highest BCUT2D eigenvalue weighted by Crippen LogP contribution is 2.42. The van der Waals surface area contributed by atoms with Gasteiger partial charge in [-0.2, -0.15) is 17.5 Å². The molecule has 5 rings (SSSR count). The van der Waals surface area contributed by atoms with Crippen LogP contribution < -0.4 is 9.47 Å². The highest BCUT2D eigenvalue weighted by atomic mass is 32.2. The number of nitrogens with zero attached hydrogens (tertiary/aromatic N) is 3. The number of alkyl halides is 3. The summed E-state index contributed by atoms with van der Waals surface area (Å²) in [6.07, 6.45) is -4.54. The summed E-state index contributed by atoms with van der Waals surface area (Å²) in [4.78, 5) is 6.66. The zero-order valence-electron chi connectivity index (χ0n) is 19.2. The molecule has 3 aromatic carbocycles. The molecule has 0 amide bonds. The Morgan fingerprint density at radius 2 is 1.61 bits per heavy atom. The summed E-state index contributed by atoms with van der Waals surface area (Å²) in [6.45, 7) is 0.948. The van der Waals surface area contributed by atoms with Gasteiger partial charge >= 0.3 is 6.18 Å². The minimum atomic E-state index is -4.54. The number of aliphatic imine (C=N–C) groups is 1. The van der Waals surface area contributed by atoms with E-state index in [0.29, 0.717) is 22.9 Å². The number of fused-ring (bicyclic) bond motifs is 2. The van der Waals surface area contributed by atoms with Gasteiger partial charge in [0.2, 0.25) is 10.0 Å². The number of hydrogen-bond acceptors (Lipinski definition) is 6. The highest BCUT2D eigenvalue weighted by molar-refractivity contribution is 7.89. The molecular formula is C25H22F3N3O4S. The third-order valence-corrected chi connectivity index (χ3v) is 7.99. The van der Waals surface area contributed by atoms with Crippen molar-refractivity contribution in [3.05, 3.63) is 77.9 Å². The van der Waals surface area contributed by atoms with E-state index in [-0.39, 0.29) is 42.5 Å². The van der Waals surface area contributed by atoms with Crippen LogP contribution in [-0.4, -0.2) is 56.7 Å². The van der Waals surface area contributed by atoms with E-state index < -0.39 is 21.8 Å². The minimum Gasteiger partial charge on any atom is -0.497 e. The summed E-state index contributed by atoms with van der Waals surface area (Å²) in [5.74, 6) is 1.51. The van der Waals surface area contributed by atoms with Gasteiger partial charge in [-0.3, -0.25) is 0 Å². The van der Waals surface area contributed by atoms with Crippen molar-refractivity contribution in [2.45, 2.75) is 11.1 Å². The predicted octanol–water partition coefficient (Wildman–Crippen LogP) is 4.90. The second-order valence-corrected chi connectivity index (χ2v) is 10.2. The minimum absolute atomic E-state index is 0.0364. The third-order valence-electron chi connectivity index (χ3n) is 6.08. The Morgan fingerprint density at radius 1 is 0.917 bits per heavy atom. The predicted molar refractivity (Wildman–Crippen MR) is 127 cm³/mol. The van der Waals surface area contributed by atoms with E-state index in [1.54, 1.807) is 48.5 Å². The Kier molecular flexibility index (Phi) is 6.13. The molecule has 1 fully saturated rings. The number of halogens is 3. The molecule has 1 saturated heterocycles. The second kappa shape index (κ2) is 9.14. The van der Waals surface area contributed by atoms with Gasteiger partial charge in [0, 0.05) is 26.2 Å². The molecular weight excluding hydrogens is 495 g/mol. The normalized spacial score (nSPS) is 16.3. The lowest BCUT2D eigenvalue weighted by atomic mass is 10.1. The Bertz CT molecular complexity index is 1420. The molecule has 0 aliphatic carbocycles. The summed E-state index contributed by atoms with van der Waals surface area (Å²) >= 11 is 0. The van der Waals surface area contributed by atoms with Crippen LogP contribution in [0.15, 0.2) is 76.6 Å². The van der Waals surface area contributed by atoms with Gasteiger partial charge in [-0.1, -0.05) is 18.2 Å². The van der Waals surface area contributed by atoms with Gasteiger partial charge < -0.3 is 14.4 Å². The average molecular weight is 518 g/mol. The molecule has 0 unspecified atom stereocenters. The summed E-state index contributed by atoms with van der Waals surface area (Å²) in [6, 6.07) is 16.4. The molecule has 2 aliphatic heterocycles. The monoisotopic (exact) mass is 517 g/mol. The van der Waals surface area contributed by atoms with E-state index in [2.05, 4.69) is 4.99 Å². The topological polar surface area (TPSA) is 71.4 Å². The summed E-state index contributed by atoms with van der Waals surface area (Å²) in [5, 5.41) is 0. The number of piperazine rings is 1. The van der Waals surface area contributed by atoms with Crippen molar-refractivity contribution in [3.8, 4) is 17.2 Å². The molecule has 7 nitrogen and oxygen atoms in total. The third kappa shape index (κ3) is 4.51. The maximum atomic E-state index is 13.4. The molecule has 3 aromatic rings. The summed E-state index contributed by atoms with van der Waals surface area (Å²) in [7, 11) is -2.16. The van der Waals surface area contributed by atoms with Crippen LogP contribution in [0.2, 0.25) is 0 Å². The number of methoxy groups -OCH3 is 1. The number of sulfonamides is 1. The molecule has 0 radical (unpaired) electrons. The van der Waals surface area contributed by atoms with E-state index in [1.807, 2.05) is 4.90 Å². The highest BCUT2D eigenvalue weighted by Gasteiger charge is 2.34. The van der Waals surface area contributed by atoms with Gasteiger partial charge in [-0.25, -0.2) is 13.4 Å². The Labute approximate surface area is 206 Å². The Morgan fingerprint density at radius 3 is 2.28 bits per heavy atom. The fraction of sp³-hybridized carbons (Fsp3) is 0.240. The first-order chi connectivity index (χ1) is 17.2. The fourth-order valence-electron chi connectivity index (χ4n) is 4.18. The van der Waals surface area contributed by atoms with Gasteiger partial charge in [-0.05, 0) is 48.5 Å². The molecule has 0 bridgehead atoms. The van der Waals surface area contributed by atoms with Gasteiger partial charge in [-0.15, -0.1) is 0 Å². The Hall–Kier alpha value is -3.57. The van der Waals surface area contributed by atoms with Gasteiger partial charge in [0.15, 0.2) is 5.75 Å². The first-order valence-electron chi connectivity index (χ1n) is 11.1. The van der Waals surface area contributed by atoms with E-state index in [1.165, 1.54) is 17.5 Å². The average Bonchev–Trinajstić information content (AvgIpc) is 3.04. The summed E-state index contributed by atoms with van der Waals surface area (Å²) < 4.78 is 78.9. The number of rotatable bonds is 3. The lowest BCUT2D eigenvalue weighted by Gasteiger charge is -2.36. The lowest BCUT2D eigenvalue weighted by molar-refractivity contribution is -0.137. The maximum absolute atomic E-state index is 13.4. The van der Waals surface area contributed by atoms with Gasteiger partial charge in [0.05, 0.1) is 23.1 Å². The second-order valence-electron chi connectivity index (χ2n) is 8.28. The lowest BCUT2D eigenvalue weighted by Crippen LogP contribution is -2.50. The van der Waals surface area contributed by atoms with E-state index in [9.17, 15) is 21.6 Å². The zero-order chi connectivity index (χ0) is 25.5. The molecule has 36 heavy (non-hydrogen) atoms. The van der Waals surface area contributed by atoms with E-state index in [0.717, 1.165) is 12.1 Å². The zero-order valence-corrected chi connectivity index (χ0v) is 20.0. The SMILES string of the molecule is COc1ccc2c(c1)C(N1CCN(S(=O)(=O)c3ccccc3)CC1)=Nc1cc(C(F)(F)F)ccc1O2. The fourth-order valence-corrected chi connectivity index (χ4v) is 5.63. The largest absolute Gasteiger partial charge is 0.497 e. The van der Waals surface area contributed by atoms with Crippen molar-refractivity contribution >= 4 is 21.5 Å². The summed E-state index contributed by atoms with van der Waals surface area (Å²) in [5.41, 5.74) is -0.261. The van der Waals surface area contributed by atoms with Crippen LogP contribution >= 0.6 is 0 Å². The maximum Gasteiger partial charge on any atom is 0.416 e.